The number of amides is 2. The molecule has 2 amide bonds. The first kappa shape index (κ1) is 11.6. The van der Waals surface area contributed by atoms with Gasteiger partial charge in [-0.05, 0) is 5.92 Å². The maximum absolute atomic E-state index is 12.0. The zero-order valence-corrected chi connectivity index (χ0v) is 10.2. The van der Waals surface area contributed by atoms with Crippen molar-refractivity contribution in [2.24, 2.45) is 5.92 Å². The minimum atomic E-state index is -0.197. The second-order valence-corrected chi connectivity index (χ2v) is 4.66. The number of aromatic nitrogens is 2. The van der Waals surface area contributed by atoms with Crippen LogP contribution in [0.5, 0.6) is 0 Å². The van der Waals surface area contributed by atoms with Gasteiger partial charge in [0.2, 0.25) is 5.91 Å². The molecule has 0 unspecified atom stereocenters. The van der Waals surface area contributed by atoms with Gasteiger partial charge < -0.3 is 9.88 Å². The number of hydrogen-bond acceptors (Lipinski definition) is 3. The Morgan fingerprint density at radius 3 is 2.82 bits per heavy atom. The standard InChI is InChI=1S/C11H16N4O2/c1-7(2)4-15-8(16)5-14(3)11(17)9-10(15)13-6-12-9/h6-7H,4-5H2,1-3H3,(H,12,13). The molecule has 0 fully saturated rings. The Balaban J connectivity index is 2.43. The van der Waals surface area contributed by atoms with Crippen molar-refractivity contribution in [1.29, 1.82) is 0 Å². The van der Waals surface area contributed by atoms with E-state index in [1.54, 1.807) is 11.9 Å². The van der Waals surface area contributed by atoms with Gasteiger partial charge in [-0.25, -0.2) is 4.98 Å². The lowest BCUT2D eigenvalue weighted by molar-refractivity contribution is -0.119. The van der Waals surface area contributed by atoms with Crippen molar-refractivity contribution >= 4 is 17.6 Å². The fourth-order valence-corrected chi connectivity index (χ4v) is 1.87. The number of fused-ring (bicyclic) bond motifs is 1. The predicted molar refractivity (Wildman–Crippen MR) is 62.7 cm³/mol. The zero-order chi connectivity index (χ0) is 12.6. The van der Waals surface area contributed by atoms with Crippen LogP contribution in [-0.2, 0) is 4.79 Å². The van der Waals surface area contributed by atoms with E-state index in [9.17, 15) is 9.59 Å². The van der Waals surface area contributed by atoms with Gasteiger partial charge in [0, 0.05) is 13.6 Å². The van der Waals surface area contributed by atoms with Crippen molar-refractivity contribution in [1.82, 2.24) is 14.9 Å². The first-order valence-corrected chi connectivity index (χ1v) is 5.60. The predicted octanol–water partition coefficient (Wildman–Crippen LogP) is 0.484. The van der Waals surface area contributed by atoms with Gasteiger partial charge in [-0.3, -0.25) is 14.5 Å². The molecule has 0 saturated carbocycles. The average molecular weight is 236 g/mol. The molecule has 0 atom stereocenters. The van der Waals surface area contributed by atoms with Crippen LogP contribution in [0.2, 0.25) is 0 Å². The number of nitrogens with zero attached hydrogens (tertiary/aromatic N) is 3. The van der Waals surface area contributed by atoms with E-state index in [0.29, 0.717) is 24.0 Å². The van der Waals surface area contributed by atoms with Crippen LogP contribution < -0.4 is 4.90 Å². The number of imidazole rings is 1. The fraction of sp³-hybridized carbons (Fsp3) is 0.545. The molecular formula is C11H16N4O2. The van der Waals surface area contributed by atoms with Gasteiger partial charge in [0.25, 0.3) is 5.91 Å². The maximum atomic E-state index is 12.0. The molecule has 6 nitrogen and oxygen atoms in total. The number of aromatic amines is 1. The van der Waals surface area contributed by atoms with Crippen LogP contribution in [0.1, 0.15) is 24.3 Å². The van der Waals surface area contributed by atoms with Crippen LogP contribution >= 0.6 is 0 Å². The SMILES string of the molecule is CC(C)CN1C(=O)CN(C)C(=O)c2[nH]cnc21. The summed E-state index contributed by atoms with van der Waals surface area (Å²) in [4.78, 5) is 33.9. The van der Waals surface area contributed by atoms with E-state index in [1.165, 1.54) is 11.2 Å². The first-order valence-electron chi connectivity index (χ1n) is 5.60. The second-order valence-electron chi connectivity index (χ2n) is 4.66. The minimum absolute atomic E-state index is 0.0930. The number of carbonyl (C=O) groups is 2. The summed E-state index contributed by atoms with van der Waals surface area (Å²) in [6.07, 6.45) is 1.45. The Morgan fingerprint density at radius 1 is 1.47 bits per heavy atom. The quantitative estimate of drug-likeness (QED) is 0.812. The van der Waals surface area contributed by atoms with Crippen LogP contribution in [0.3, 0.4) is 0 Å². The Hall–Kier alpha value is -1.85. The molecule has 17 heavy (non-hydrogen) atoms. The van der Waals surface area contributed by atoms with Crippen LogP contribution in [-0.4, -0.2) is 46.8 Å². The van der Waals surface area contributed by atoms with Crippen molar-refractivity contribution < 1.29 is 9.59 Å². The third kappa shape index (κ3) is 2.02. The summed E-state index contributed by atoms with van der Waals surface area (Å²) in [6, 6.07) is 0. The number of nitrogens with one attached hydrogen (secondary N) is 1. The zero-order valence-electron chi connectivity index (χ0n) is 10.2. The van der Waals surface area contributed by atoms with Crippen molar-refractivity contribution in [2.45, 2.75) is 13.8 Å². The highest BCUT2D eigenvalue weighted by atomic mass is 16.2. The van der Waals surface area contributed by atoms with E-state index < -0.39 is 0 Å². The molecule has 0 spiro atoms. The maximum Gasteiger partial charge on any atom is 0.274 e. The molecule has 1 N–H and O–H groups in total. The highest BCUT2D eigenvalue weighted by Crippen LogP contribution is 2.22. The van der Waals surface area contributed by atoms with Crippen molar-refractivity contribution in [3.63, 3.8) is 0 Å². The summed E-state index contributed by atoms with van der Waals surface area (Å²) in [5.41, 5.74) is 0.388. The summed E-state index contributed by atoms with van der Waals surface area (Å²) >= 11 is 0. The molecule has 0 aliphatic carbocycles. The van der Waals surface area contributed by atoms with E-state index in [-0.39, 0.29) is 18.4 Å². The van der Waals surface area contributed by atoms with Crippen LogP contribution in [0, 0.1) is 5.92 Å². The third-order valence-corrected chi connectivity index (χ3v) is 2.66. The molecule has 6 heteroatoms. The van der Waals surface area contributed by atoms with E-state index in [1.807, 2.05) is 13.8 Å². The van der Waals surface area contributed by atoms with E-state index in [0.717, 1.165) is 0 Å². The molecular weight excluding hydrogens is 220 g/mol. The first-order chi connectivity index (χ1) is 8.00. The highest BCUT2D eigenvalue weighted by molar-refractivity contribution is 6.07. The van der Waals surface area contributed by atoms with Gasteiger partial charge in [0.15, 0.2) is 5.82 Å². The second kappa shape index (κ2) is 4.20. The monoisotopic (exact) mass is 236 g/mol. The van der Waals surface area contributed by atoms with Crippen molar-refractivity contribution in [3.05, 3.63) is 12.0 Å². The molecule has 2 rings (SSSR count). The number of H-pyrrole nitrogens is 1. The molecule has 0 bridgehead atoms. The Morgan fingerprint density at radius 2 is 2.18 bits per heavy atom. The molecule has 1 aliphatic rings. The van der Waals surface area contributed by atoms with Gasteiger partial charge in [-0.15, -0.1) is 0 Å². The minimum Gasteiger partial charge on any atom is -0.339 e. The average Bonchev–Trinajstić information content (AvgIpc) is 2.69. The Bertz CT molecular complexity index is 452. The molecule has 1 aromatic heterocycles. The van der Waals surface area contributed by atoms with Gasteiger partial charge in [0.05, 0.1) is 6.33 Å². The normalized spacial score (nSPS) is 16.5. The lowest BCUT2D eigenvalue weighted by Crippen LogP contribution is -2.39. The van der Waals surface area contributed by atoms with Crippen LogP contribution in [0.15, 0.2) is 6.33 Å². The van der Waals surface area contributed by atoms with E-state index in [2.05, 4.69) is 9.97 Å². The number of likely N-dealkylation sites (N-methyl/N-ethyl adjacent to an activating group) is 1. The molecule has 0 aromatic carbocycles. The number of rotatable bonds is 2. The summed E-state index contributed by atoms with van der Waals surface area (Å²) in [5.74, 6) is 0.470. The summed E-state index contributed by atoms with van der Waals surface area (Å²) in [6.45, 7) is 4.71. The fourth-order valence-electron chi connectivity index (χ4n) is 1.87. The number of hydrogen-bond donors (Lipinski definition) is 1. The van der Waals surface area contributed by atoms with Crippen molar-refractivity contribution in [2.75, 3.05) is 25.0 Å². The van der Waals surface area contributed by atoms with Gasteiger partial charge in [-0.2, -0.15) is 0 Å². The summed E-state index contributed by atoms with van der Waals surface area (Å²) in [7, 11) is 1.61. The van der Waals surface area contributed by atoms with Crippen LogP contribution in [0.25, 0.3) is 0 Å². The summed E-state index contributed by atoms with van der Waals surface area (Å²) in [5, 5.41) is 0. The lowest BCUT2D eigenvalue weighted by Gasteiger charge is -2.21. The highest BCUT2D eigenvalue weighted by Gasteiger charge is 2.32. The summed E-state index contributed by atoms with van der Waals surface area (Å²) < 4.78 is 0. The lowest BCUT2D eigenvalue weighted by atomic mass is 10.2. The van der Waals surface area contributed by atoms with Gasteiger partial charge in [-0.1, -0.05) is 13.8 Å². The smallest absolute Gasteiger partial charge is 0.274 e. The largest absolute Gasteiger partial charge is 0.339 e. The molecule has 0 saturated heterocycles. The molecule has 1 aliphatic heterocycles. The molecule has 92 valence electrons. The van der Waals surface area contributed by atoms with E-state index >= 15 is 0 Å². The topological polar surface area (TPSA) is 69.3 Å². The van der Waals surface area contributed by atoms with Gasteiger partial charge in [0.1, 0.15) is 12.2 Å². The van der Waals surface area contributed by atoms with Crippen molar-refractivity contribution in [3.8, 4) is 0 Å². The Labute approximate surface area is 99.6 Å². The molecule has 0 radical (unpaired) electrons. The van der Waals surface area contributed by atoms with E-state index in [4.69, 9.17) is 0 Å². The van der Waals surface area contributed by atoms with Gasteiger partial charge >= 0.3 is 0 Å². The van der Waals surface area contributed by atoms with Crippen LogP contribution in [0.4, 0.5) is 5.82 Å². The molecule has 1 aromatic rings. The third-order valence-electron chi connectivity index (χ3n) is 2.66. The Kier molecular flexibility index (Phi) is 2.87. The number of carbonyl (C=O) groups excluding carboxylic acids is 2. The number of anilines is 1. The molecule has 2 heterocycles.